The van der Waals surface area contributed by atoms with Gasteiger partial charge in [0, 0.05) is 18.5 Å². The van der Waals surface area contributed by atoms with Crippen molar-refractivity contribution in [3.63, 3.8) is 0 Å². The third-order valence-corrected chi connectivity index (χ3v) is 1.59. The minimum absolute atomic E-state index is 0.0234. The quantitative estimate of drug-likeness (QED) is 0.555. The van der Waals surface area contributed by atoms with Gasteiger partial charge in [-0.2, -0.15) is 0 Å². The van der Waals surface area contributed by atoms with Gasteiger partial charge in [-0.1, -0.05) is 0 Å². The Bertz CT molecular complexity index is 376. The van der Waals surface area contributed by atoms with Gasteiger partial charge in [0.15, 0.2) is 0 Å². The third kappa shape index (κ3) is 2.19. The lowest BCUT2D eigenvalue weighted by Gasteiger charge is -2.02. The molecule has 3 N–H and O–H groups in total. The van der Waals surface area contributed by atoms with Gasteiger partial charge in [-0.3, -0.25) is 10.1 Å². The van der Waals surface area contributed by atoms with E-state index >= 15 is 0 Å². The number of anilines is 1. The van der Waals surface area contributed by atoms with E-state index in [9.17, 15) is 10.1 Å². The van der Waals surface area contributed by atoms with Crippen molar-refractivity contribution in [2.75, 3.05) is 5.32 Å². The average molecular weight is 194 g/mol. The summed E-state index contributed by atoms with van der Waals surface area (Å²) in [5.74, 6) is 0.553. The third-order valence-electron chi connectivity index (χ3n) is 1.59. The standard InChI is InChI=1S/C8H10N4O2/c1-6-4-7(12(13)14)5-11-8(6)10-3-2-9/h2-5H,9H2,1H3,(H,10,11)/b3-2-. The maximum absolute atomic E-state index is 10.4. The molecule has 0 amide bonds. The van der Waals surface area contributed by atoms with Gasteiger partial charge >= 0.3 is 0 Å². The molecule has 0 aromatic carbocycles. The van der Waals surface area contributed by atoms with Crippen LogP contribution in [0.2, 0.25) is 0 Å². The van der Waals surface area contributed by atoms with Crippen LogP contribution in [0.1, 0.15) is 5.56 Å². The Morgan fingerprint density at radius 1 is 1.71 bits per heavy atom. The molecule has 0 bridgehead atoms. The van der Waals surface area contributed by atoms with E-state index in [0.717, 1.165) is 0 Å². The highest BCUT2D eigenvalue weighted by Crippen LogP contribution is 2.17. The summed E-state index contributed by atoms with van der Waals surface area (Å²) in [7, 11) is 0. The molecule has 14 heavy (non-hydrogen) atoms. The fourth-order valence-corrected chi connectivity index (χ4v) is 0.938. The number of nitrogens with two attached hydrogens (primary N) is 1. The Balaban J connectivity index is 2.95. The minimum Gasteiger partial charge on any atom is -0.403 e. The number of pyridine rings is 1. The Kier molecular flexibility index (Phi) is 3.01. The molecular formula is C8H10N4O2. The molecular weight excluding hydrogens is 184 g/mol. The summed E-state index contributed by atoms with van der Waals surface area (Å²) in [4.78, 5) is 13.8. The van der Waals surface area contributed by atoms with Gasteiger partial charge < -0.3 is 11.1 Å². The molecule has 1 aromatic heterocycles. The molecule has 0 saturated heterocycles. The second kappa shape index (κ2) is 4.22. The highest BCUT2D eigenvalue weighted by atomic mass is 16.6. The van der Waals surface area contributed by atoms with Crippen LogP contribution >= 0.6 is 0 Å². The smallest absolute Gasteiger partial charge is 0.287 e. The van der Waals surface area contributed by atoms with Crippen LogP contribution < -0.4 is 11.1 Å². The zero-order valence-corrected chi connectivity index (χ0v) is 7.60. The monoisotopic (exact) mass is 194 g/mol. The molecule has 0 aliphatic rings. The van der Waals surface area contributed by atoms with E-state index in [-0.39, 0.29) is 5.69 Å². The minimum atomic E-state index is -0.484. The average Bonchev–Trinajstić information content (AvgIpc) is 2.15. The largest absolute Gasteiger partial charge is 0.403 e. The summed E-state index contributed by atoms with van der Waals surface area (Å²) in [6.45, 7) is 1.73. The molecule has 1 rings (SSSR count). The van der Waals surface area contributed by atoms with Crippen LogP contribution in [0.3, 0.4) is 0 Å². The molecule has 74 valence electrons. The molecule has 0 radical (unpaired) electrons. The zero-order valence-electron chi connectivity index (χ0n) is 7.60. The van der Waals surface area contributed by atoms with Crippen LogP contribution in [0.4, 0.5) is 11.5 Å². The Morgan fingerprint density at radius 2 is 2.43 bits per heavy atom. The SMILES string of the molecule is Cc1cc([N+](=O)[O-])cnc1N/C=C\N. The first kappa shape index (κ1) is 9.97. The van der Waals surface area contributed by atoms with Crippen LogP contribution in [0, 0.1) is 17.0 Å². The lowest BCUT2D eigenvalue weighted by molar-refractivity contribution is -0.385. The van der Waals surface area contributed by atoms with Gasteiger partial charge in [0.05, 0.1) is 4.92 Å². The Morgan fingerprint density at radius 3 is 2.93 bits per heavy atom. The first-order valence-electron chi connectivity index (χ1n) is 3.89. The number of nitrogens with zero attached hydrogens (tertiary/aromatic N) is 2. The second-order valence-electron chi connectivity index (χ2n) is 2.62. The maximum atomic E-state index is 10.4. The van der Waals surface area contributed by atoms with Crippen LogP contribution in [0.5, 0.6) is 0 Å². The highest BCUT2D eigenvalue weighted by molar-refractivity contribution is 5.49. The van der Waals surface area contributed by atoms with E-state index in [1.807, 2.05) is 0 Å². The van der Waals surface area contributed by atoms with Crippen LogP contribution in [0.25, 0.3) is 0 Å². The van der Waals surface area contributed by atoms with Crippen LogP contribution in [-0.4, -0.2) is 9.91 Å². The van der Waals surface area contributed by atoms with Crippen molar-refractivity contribution in [2.24, 2.45) is 5.73 Å². The van der Waals surface area contributed by atoms with Gasteiger partial charge in [-0.25, -0.2) is 4.98 Å². The van der Waals surface area contributed by atoms with Gasteiger partial charge in [0.2, 0.25) is 0 Å². The zero-order chi connectivity index (χ0) is 10.6. The van der Waals surface area contributed by atoms with E-state index in [0.29, 0.717) is 11.4 Å². The summed E-state index contributed by atoms with van der Waals surface area (Å²) in [5, 5.41) is 13.2. The number of hydrogen-bond donors (Lipinski definition) is 2. The molecule has 0 aliphatic heterocycles. The molecule has 0 fully saturated rings. The number of aryl methyl sites for hydroxylation is 1. The van der Waals surface area contributed by atoms with Crippen molar-refractivity contribution in [1.82, 2.24) is 4.98 Å². The molecule has 1 heterocycles. The Labute approximate surface area is 80.6 Å². The van der Waals surface area contributed by atoms with E-state index in [2.05, 4.69) is 10.3 Å². The molecule has 0 atom stereocenters. The van der Waals surface area contributed by atoms with Crippen LogP contribution in [0.15, 0.2) is 24.7 Å². The molecule has 0 spiro atoms. The summed E-state index contributed by atoms with van der Waals surface area (Å²) in [6, 6.07) is 1.44. The first-order valence-corrected chi connectivity index (χ1v) is 3.89. The van der Waals surface area contributed by atoms with Crippen LogP contribution in [-0.2, 0) is 0 Å². The molecule has 6 nitrogen and oxygen atoms in total. The second-order valence-corrected chi connectivity index (χ2v) is 2.62. The molecule has 1 aromatic rings. The van der Waals surface area contributed by atoms with Crippen molar-refractivity contribution in [3.05, 3.63) is 40.3 Å². The van der Waals surface area contributed by atoms with Gasteiger partial charge in [0.1, 0.15) is 12.0 Å². The number of nitrogens with one attached hydrogen (secondary N) is 1. The van der Waals surface area contributed by atoms with Crippen molar-refractivity contribution in [1.29, 1.82) is 0 Å². The number of aromatic nitrogens is 1. The Hall–Kier alpha value is -2.11. The number of rotatable bonds is 3. The lowest BCUT2D eigenvalue weighted by Crippen LogP contribution is -1.98. The highest BCUT2D eigenvalue weighted by Gasteiger charge is 2.07. The molecule has 6 heteroatoms. The first-order chi connectivity index (χ1) is 6.65. The fourth-order valence-electron chi connectivity index (χ4n) is 0.938. The maximum Gasteiger partial charge on any atom is 0.287 e. The molecule has 0 aliphatic carbocycles. The number of nitro groups is 1. The van der Waals surface area contributed by atoms with Gasteiger partial charge in [-0.15, -0.1) is 0 Å². The van der Waals surface area contributed by atoms with E-state index in [1.165, 1.54) is 24.7 Å². The van der Waals surface area contributed by atoms with E-state index in [1.54, 1.807) is 6.92 Å². The molecule has 0 saturated carbocycles. The van der Waals surface area contributed by atoms with E-state index in [4.69, 9.17) is 5.73 Å². The summed E-state index contributed by atoms with van der Waals surface area (Å²) >= 11 is 0. The van der Waals surface area contributed by atoms with E-state index < -0.39 is 4.92 Å². The van der Waals surface area contributed by atoms with Crippen molar-refractivity contribution < 1.29 is 4.92 Å². The normalized spacial score (nSPS) is 10.4. The van der Waals surface area contributed by atoms with Crippen molar-refractivity contribution in [2.45, 2.75) is 6.92 Å². The predicted molar refractivity (Wildman–Crippen MR) is 52.6 cm³/mol. The fraction of sp³-hybridized carbons (Fsp3) is 0.125. The van der Waals surface area contributed by atoms with Crippen molar-refractivity contribution >= 4 is 11.5 Å². The molecule has 0 unspecified atom stereocenters. The van der Waals surface area contributed by atoms with Gasteiger partial charge in [0.25, 0.3) is 5.69 Å². The summed E-state index contributed by atoms with van der Waals surface area (Å²) in [5.41, 5.74) is 5.79. The van der Waals surface area contributed by atoms with Crippen molar-refractivity contribution in [3.8, 4) is 0 Å². The number of hydrogen-bond acceptors (Lipinski definition) is 5. The predicted octanol–water partition coefficient (Wildman–Crippen LogP) is 1.14. The topological polar surface area (TPSA) is 94.1 Å². The van der Waals surface area contributed by atoms with Gasteiger partial charge in [-0.05, 0) is 12.5 Å². The summed E-state index contributed by atoms with van der Waals surface area (Å²) in [6.07, 6.45) is 4.02. The summed E-state index contributed by atoms with van der Waals surface area (Å²) < 4.78 is 0. The lowest BCUT2D eigenvalue weighted by atomic mass is 10.2.